The third-order valence-corrected chi connectivity index (χ3v) is 5.11. The molecule has 0 aliphatic rings. The van der Waals surface area contributed by atoms with Crippen molar-refractivity contribution in [2.45, 2.75) is 13.3 Å². The number of rotatable bonds is 2. The molecule has 4 aromatic carbocycles. The van der Waals surface area contributed by atoms with Crippen LogP contribution in [0.1, 0.15) is 16.7 Å². The predicted molar refractivity (Wildman–Crippen MR) is 105 cm³/mol. The van der Waals surface area contributed by atoms with E-state index in [1.165, 1.54) is 38.2 Å². The van der Waals surface area contributed by atoms with Gasteiger partial charge in [-0.1, -0.05) is 72.8 Å². The van der Waals surface area contributed by atoms with Gasteiger partial charge in [0, 0.05) is 17.2 Å². The van der Waals surface area contributed by atoms with Gasteiger partial charge in [0.1, 0.15) is 11.2 Å². The molecule has 0 saturated heterocycles. The molecule has 0 aliphatic carbocycles. The number of para-hydroxylation sites is 1. The molecular formula is C24H18O. The molecule has 5 aromatic rings. The standard InChI is InChI=1S/C24H18O/c1-16-7-2-3-9-18(16)15-19-10-6-12-21-23-20-11-5-4-8-17(20)13-14-22(23)25-24(19)21/h2-14H,15H2,1H3. The van der Waals surface area contributed by atoms with Gasteiger partial charge in [0.15, 0.2) is 0 Å². The van der Waals surface area contributed by atoms with Crippen LogP contribution in [0.3, 0.4) is 0 Å². The fraction of sp³-hybridized carbons (Fsp3) is 0.0833. The Bertz CT molecular complexity index is 1230. The van der Waals surface area contributed by atoms with E-state index in [4.69, 9.17) is 4.42 Å². The number of furan rings is 1. The minimum Gasteiger partial charge on any atom is -0.456 e. The van der Waals surface area contributed by atoms with Crippen LogP contribution in [0.2, 0.25) is 0 Å². The number of benzene rings is 4. The number of hydrogen-bond donors (Lipinski definition) is 0. The van der Waals surface area contributed by atoms with E-state index < -0.39 is 0 Å². The first-order valence-corrected chi connectivity index (χ1v) is 8.67. The van der Waals surface area contributed by atoms with Gasteiger partial charge in [-0.05, 0) is 40.5 Å². The van der Waals surface area contributed by atoms with Crippen LogP contribution >= 0.6 is 0 Å². The van der Waals surface area contributed by atoms with Crippen molar-refractivity contribution in [2.75, 3.05) is 0 Å². The average molecular weight is 322 g/mol. The Morgan fingerprint density at radius 1 is 0.680 bits per heavy atom. The fourth-order valence-electron chi connectivity index (χ4n) is 3.78. The first kappa shape index (κ1) is 14.3. The zero-order chi connectivity index (χ0) is 16.8. The summed E-state index contributed by atoms with van der Waals surface area (Å²) < 4.78 is 6.30. The smallest absolute Gasteiger partial charge is 0.138 e. The van der Waals surface area contributed by atoms with Gasteiger partial charge in [0.05, 0.1) is 0 Å². The van der Waals surface area contributed by atoms with E-state index in [0.717, 1.165) is 17.6 Å². The molecule has 0 amide bonds. The van der Waals surface area contributed by atoms with Gasteiger partial charge in [-0.15, -0.1) is 0 Å². The highest BCUT2D eigenvalue weighted by Crippen LogP contribution is 2.36. The topological polar surface area (TPSA) is 13.1 Å². The minimum atomic E-state index is 0.891. The molecule has 1 heteroatoms. The van der Waals surface area contributed by atoms with E-state index in [0.29, 0.717) is 0 Å². The molecule has 1 nitrogen and oxygen atoms in total. The Morgan fingerprint density at radius 3 is 2.36 bits per heavy atom. The Labute approximate surface area is 146 Å². The van der Waals surface area contributed by atoms with Crippen molar-refractivity contribution in [1.82, 2.24) is 0 Å². The minimum absolute atomic E-state index is 0.891. The molecule has 0 radical (unpaired) electrons. The van der Waals surface area contributed by atoms with E-state index in [2.05, 4.69) is 85.8 Å². The van der Waals surface area contributed by atoms with Crippen LogP contribution in [0.15, 0.2) is 83.3 Å². The highest BCUT2D eigenvalue weighted by Gasteiger charge is 2.13. The summed E-state index contributed by atoms with van der Waals surface area (Å²) in [4.78, 5) is 0. The molecule has 0 unspecified atom stereocenters. The summed E-state index contributed by atoms with van der Waals surface area (Å²) in [5.74, 6) is 0. The Morgan fingerprint density at radius 2 is 1.44 bits per heavy atom. The van der Waals surface area contributed by atoms with E-state index in [1.54, 1.807) is 0 Å². The molecule has 1 heterocycles. The first-order chi connectivity index (χ1) is 12.3. The maximum atomic E-state index is 6.30. The third-order valence-electron chi connectivity index (χ3n) is 5.11. The zero-order valence-corrected chi connectivity index (χ0v) is 14.1. The zero-order valence-electron chi connectivity index (χ0n) is 14.1. The largest absolute Gasteiger partial charge is 0.456 e. The maximum absolute atomic E-state index is 6.30. The molecule has 0 saturated carbocycles. The lowest BCUT2D eigenvalue weighted by molar-refractivity contribution is 0.664. The highest BCUT2D eigenvalue weighted by atomic mass is 16.3. The van der Waals surface area contributed by atoms with Gasteiger partial charge in [-0.3, -0.25) is 0 Å². The molecule has 120 valence electrons. The van der Waals surface area contributed by atoms with Crippen LogP contribution in [0.5, 0.6) is 0 Å². The third kappa shape index (κ3) is 2.24. The second-order valence-electron chi connectivity index (χ2n) is 6.66. The van der Waals surface area contributed by atoms with Gasteiger partial charge < -0.3 is 4.42 Å². The molecule has 5 rings (SSSR count). The fourth-order valence-corrected chi connectivity index (χ4v) is 3.78. The number of fused-ring (bicyclic) bond motifs is 5. The van der Waals surface area contributed by atoms with Gasteiger partial charge in [0.2, 0.25) is 0 Å². The average Bonchev–Trinajstić information content (AvgIpc) is 3.04. The second-order valence-corrected chi connectivity index (χ2v) is 6.66. The van der Waals surface area contributed by atoms with Crippen molar-refractivity contribution in [3.8, 4) is 0 Å². The van der Waals surface area contributed by atoms with Gasteiger partial charge in [-0.25, -0.2) is 0 Å². The van der Waals surface area contributed by atoms with E-state index in [9.17, 15) is 0 Å². The first-order valence-electron chi connectivity index (χ1n) is 8.67. The van der Waals surface area contributed by atoms with Crippen molar-refractivity contribution in [1.29, 1.82) is 0 Å². The lowest BCUT2D eigenvalue weighted by Crippen LogP contribution is -1.91. The van der Waals surface area contributed by atoms with Crippen molar-refractivity contribution < 1.29 is 4.42 Å². The SMILES string of the molecule is Cc1ccccc1Cc1cccc2c1oc1ccc3ccccc3c12. The normalized spacial score (nSPS) is 11.6. The summed E-state index contributed by atoms with van der Waals surface area (Å²) in [5.41, 5.74) is 5.89. The Balaban J connectivity index is 1.79. The monoisotopic (exact) mass is 322 g/mol. The maximum Gasteiger partial charge on any atom is 0.138 e. The second kappa shape index (κ2) is 5.49. The van der Waals surface area contributed by atoms with Gasteiger partial charge >= 0.3 is 0 Å². The lowest BCUT2D eigenvalue weighted by atomic mass is 9.98. The summed E-state index contributed by atoms with van der Waals surface area (Å²) in [5, 5.41) is 4.94. The van der Waals surface area contributed by atoms with E-state index >= 15 is 0 Å². The summed E-state index contributed by atoms with van der Waals surface area (Å²) in [6, 6.07) is 27.8. The number of hydrogen-bond acceptors (Lipinski definition) is 1. The van der Waals surface area contributed by atoms with Crippen LogP contribution in [0.25, 0.3) is 32.7 Å². The molecule has 0 aliphatic heterocycles. The summed E-state index contributed by atoms with van der Waals surface area (Å²) in [7, 11) is 0. The quantitative estimate of drug-likeness (QED) is 0.355. The van der Waals surface area contributed by atoms with Crippen molar-refractivity contribution in [2.24, 2.45) is 0 Å². The molecule has 0 bridgehead atoms. The van der Waals surface area contributed by atoms with Crippen LogP contribution < -0.4 is 0 Å². The van der Waals surface area contributed by atoms with E-state index in [-0.39, 0.29) is 0 Å². The molecule has 1 aromatic heterocycles. The predicted octanol–water partition coefficient (Wildman–Crippen LogP) is 6.64. The lowest BCUT2D eigenvalue weighted by Gasteiger charge is -2.06. The molecule has 0 N–H and O–H groups in total. The van der Waals surface area contributed by atoms with Crippen LogP contribution in [-0.2, 0) is 6.42 Å². The Kier molecular flexibility index (Phi) is 3.14. The van der Waals surface area contributed by atoms with Crippen molar-refractivity contribution >= 4 is 32.7 Å². The molecular weight excluding hydrogens is 304 g/mol. The summed E-state index contributed by atoms with van der Waals surface area (Å²) in [6.07, 6.45) is 0.891. The van der Waals surface area contributed by atoms with Crippen LogP contribution in [-0.4, -0.2) is 0 Å². The van der Waals surface area contributed by atoms with Gasteiger partial charge in [-0.2, -0.15) is 0 Å². The highest BCUT2D eigenvalue weighted by molar-refractivity contribution is 6.19. The number of aryl methyl sites for hydroxylation is 1. The summed E-state index contributed by atoms with van der Waals surface area (Å²) in [6.45, 7) is 2.17. The van der Waals surface area contributed by atoms with E-state index in [1.807, 2.05) is 0 Å². The van der Waals surface area contributed by atoms with Crippen LogP contribution in [0.4, 0.5) is 0 Å². The summed E-state index contributed by atoms with van der Waals surface area (Å²) >= 11 is 0. The van der Waals surface area contributed by atoms with Gasteiger partial charge in [0.25, 0.3) is 0 Å². The van der Waals surface area contributed by atoms with Crippen molar-refractivity contribution in [3.05, 3.63) is 95.6 Å². The molecule has 0 atom stereocenters. The molecule has 0 spiro atoms. The molecule has 25 heavy (non-hydrogen) atoms. The van der Waals surface area contributed by atoms with Crippen LogP contribution in [0, 0.1) is 6.92 Å². The van der Waals surface area contributed by atoms with Crippen molar-refractivity contribution in [3.63, 3.8) is 0 Å². The Hall–Kier alpha value is -3.06. The molecule has 0 fully saturated rings.